The van der Waals surface area contributed by atoms with Gasteiger partial charge >= 0.3 is 0 Å². The van der Waals surface area contributed by atoms with Crippen molar-refractivity contribution in [1.29, 1.82) is 0 Å². The molecule has 0 fully saturated rings. The van der Waals surface area contributed by atoms with Crippen molar-refractivity contribution in [2.24, 2.45) is 7.05 Å². The minimum absolute atomic E-state index is 0.520. The summed E-state index contributed by atoms with van der Waals surface area (Å²) in [5.74, 6) is 0.818. The highest BCUT2D eigenvalue weighted by Gasteiger charge is 2.02. The van der Waals surface area contributed by atoms with Gasteiger partial charge in [0.1, 0.15) is 0 Å². The highest BCUT2D eigenvalue weighted by atomic mass is 79.9. The number of tetrazole rings is 1. The Morgan fingerprint density at radius 3 is 2.82 bits per heavy atom. The lowest BCUT2D eigenvalue weighted by atomic mass is 10.2. The maximum Gasteiger partial charge on any atom is 0.174 e. The second-order valence-corrected chi connectivity index (χ2v) is 4.08. The van der Waals surface area contributed by atoms with E-state index in [2.05, 4.69) is 38.3 Å². The summed E-state index contributed by atoms with van der Waals surface area (Å²) < 4.78 is 0. The molecule has 0 bridgehead atoms. The molecule has 0 saturated carbocycles. The Bertz CT molecular complexity index is 220. The van der Waals surface area contributed by atoms with Crippen molar-refractivity contribution in [2.75, 3.05) is 0 Å². The van der Waals surface area contributed by atoms with Crippen LogP contribution in [0.3, 0.4) is 0 Å². The standard InChI is InChI=1S/C6H11BrN4/c1-5(7)3-4-6-8-10-11(2)9-6/h5H,3-4H2,1-2H3. The molecule has 0 N–H and O–H groups in total. The Labute approximate surface area is 74.1 Å². The summed E-state index contributed by atoms with van der Waals surface area (Å²) in [4.78, 5) is 2.00. The van der Waals surface area contributed by atoms with E-state index >= 15 is 0 Å². The molecule has 1 aromatic heterocycles. The molecule has 0 aliphatic rings. The summed E-state index contributed by atoms with van der Waals surface area (Å²) in [6, 6.07) is 0. The van der Waals surface area contributed by atoms with Gasteiger partial charge < -0.3 is 0 Å². The molecule has 0 saturated heterocycles. The summed E-state index contributed by atoms with van der Waals surface area (Å²) in [7, 11) is 1.77. The van der Waals surface area contributed by atoms with E-state index in [1.165, 1.54) is 4.80 Å². The molecule has 4 nitrogen and oxygen atoms in total. The van der Waals surface area contributed by atoms with Crippen LogP contribution in [0.25, 0.3) is 0 Å². The number of aryl methyl sites for hydroxylation is 2. The molecule has 0 aliphatic carbocycles. The summed E-state index contributed by atoms with van der Waals surface area (Å²) >= 11 is 3.46. The molecular weight excluding hydrogens is 208 g/mol. The van der Waals surface area contributed by atoms with Gasteiger partial charge in [0, 0.05) is 11.2 Å². The van der Waals surface area contributed by atoms with Gasteiger partial charge in [-0.25, -0.2) is 0 Å². The monoisotopic (exact) mass is 218 g/mol. The van der Waals surface area contributed by atoms with Gasteiger partial charge in [-0.2, -0.15) is 4.80 Å². The lowest BCUT2D eigenvalue weighted by Crippen LogP contribution is -1.97. The number of alkyl halides is 1. The molecule has 62 valence electrons. The fraction of sp³-hybridized carbons (Fsp3) is 0.833. The van der Waals surface area contributed by atoms with E-state index in [9.17, 15) is 0 Å². The minimum Gasteiger partial charge on any atom is -0.167 e. The summed E-state index contributed by atoms with van der Waals surface area (Å²) in [6.45, 7) is 2.11. The third-order valence-electron chi connectivity index (χ3n) is 1.32. The maximum absolute atomic E-state index is 4.06. The molecule has 0 aliphatic heterocycles. The summed E-state index contributed by atoms with van der Waals surface area (Å²) in [6.07, 6.45) is 1.94. The number of rotatable bonds is 3. The Morgan fingerprint density at radius 1 is 1.64 bits per heavy atom. The SMILES string of the molecule is CC(Br)CCc1nnn(C)n1. The number of nitrogens with zero attached hydrogens (tertiary/aromatic N) is 4. The van der Waals surface area contributed by atoms with Gasteiger partial charge in [-0.1, -0.05) is 22.9 Å². The van der Waals surface area contributed by atoms with Crippen molar-refractivity contribution in [1.82, 2.24) is 20.2 Å². The van der Waals surface area contributed by atoms with E-state index in [1.54, 1.807) is 7.05 Å². The molecule has 1 heterocycles. The van der Waals surface area contributed by atoms with Crippen molar-refractivity contribution in [3.05, 3.63) is 5.82 Å². The highest BCUT2D eigenvalue weighted by Crippen LogP contribution is 2.05. The summed E-state index contributed by atoms with van der Waals surface area (Å²) in [5, 5.41) is 11.7. The number of aromatic nitrogens is 4. The first-order valence-corrected chi connectivity index (χ1v) is 4.47. The van der Waals surface area contributed by atoms with Crippen molar-refractivity contribution in [3.8, 4) is 0 Å². The first kappa shape index (κ1) is 8.64. The molecule has 0 amide bonds. The Morgan fingerprint density at radius 2 is 2.36 bits per heavy atom. The quantitative estimate of drug-likeness (QED) is 0.710. The van der Waals surface area contributed by atoms with Crippen LogP contribution in [0, 0.1) is 0 Å². The van der Waals surface area contributed by atoms with Gasteiger partial charge in [0.2, 0.25) is 0 Å². The van der Waals surface area contributed by atoms with E-state index in [0.717, 1.165) is 18.7 Å². The van der Waals surface area contributed by atoms with Crippen LogP contribution in [0.5, 0.6) is 0 Å². The zero-order valence-corrected chi connectivity index (χ0v) is 8.24. The van der Waals surface area contributed by atoms with Crippen LogP contribution in [0.15, 0.2) is 0 Å². The smallest absolute Gasteiger partial charge is 0.167 e. The topological polar surface area (TPSA) is 43.6 Å². The number of hydrogen-bond acceptors (Lipinski definition) is 3. The van der Waals surface area contributed by atoms with Crippen molar-refractivity contribution in [3.63, 3.8) is 0 Å². The van der Waals surface area contributed by atoms with E-state index < -0.39 is 0 Å². The third-order valence-corrected chi connectivity index (χ3v) is 1.77. The number of halogens is 1. The fourth-order valence-electron chi connectivity index (χ4n) is 0.751. The van der Waals surface area contributed by atoms with Crippen LogP contribution in [-0.2, 0) is 13.5 Å². The average molecular weight is 219 g/mol. The molecule has 0 spiro atoms. The fourth-order valence-corrected chi connectivity index (χ4v) is 0.980. The van der Waals surface area contributed by atoms with Gasteiger partial charge in [-0.05, 0) is 11.6 Å². The summed E-state index contributed by atoms with van der Waals surface area (Å²) in [5.41, 5.74) is 0. The van der Waals surface area contributed by atoms with Gasteiger partial charge in [0.15, 0.2) is 5.82 Å². The van der Waals surface area contributed by atoms with Crippen molar-refractivity contribution >= 4 is 15.9 Å². The lowest BCUT2D eigenvalue weighted by Gasteiger charge is -1.96. The van der Waals surface area contributed by atoms with E-state index in [-0.39, 0.29) is 0 Å². The Hall–Kier alpha value is -0.450. The van der Waals surface area contributed by atoms with E-state index in [0.29, 0.717) is 4.83 Å². The Kier molecular flexibility index (Phi) is 2.99. The molecule has 0 aromatic carbocycles. The van der Waals surface area contributed by atoms with Crippen molar-refractivity contribution in [2.45, 2.75) is 24.6 Å². The minimum atomic E-state index is 0.520. The molecule has 1 unspecified atom stereocenters. The predicted octanol–water partition coefficient (Wildman–Crippen LogP) is 0.926. The molecule has 0 radical (unpaired) electrons. The third kappa shape index (κ3) is 2.96. The van der Waals surface area contributed by atoms with Crippen LogP contribution in [0.1, 0.15) is 19.2 Å². The van der Waals surface area contributed by atoms with Gasteiger partial charge in [0.05, 0.1) is 7.05 Å². The molecular formula is C6H11BrN4. The van der Waals surface area contributed by atoms with E-state index in [4.69, 9.17) is 0 Å². The second-order valence-electron chi connectivity index (χ2n) is 2.51. The predicted molar refractivity (Wildman–Crippen MR) is 45.5 cm³/mol. The maximum atomic E-state index is 4.06. The van der Waals surface area contributed by atoms with Crippen LogP contribution in [-0.4, -0.2) is 25.0 Å². The number of hydrogen-bond donors (Lipinski definition) is 0. The highest BCUT2D eigenvalue weighted by molar-refractivity contribution is 9.09. The van der Waals surface area contributed by atoms with Crippen LogP contribution >= 0.6 is 15.9 Å². The molecule has 1 atom stereocenters. The normalized spacial score (nSPS) is 13.4. The zero-order valence-electron chi connectivity index (χ0n) is 6.66. The Balaban J connectivity index is 2.39. The molecule has 1 aromatic rings. The largest absolute Gasteiger partial charge is 0.174 e. The van der Waals surface area contributed by atoms with Gasteiger partial charge in [-0.3, -0.25) is 0 Å². The lowest BCUT2D eigenvalue weighted by molar-refractivity contribution is 0.626. The van der Waals surface area contributed by atoms with Crippen molar-refractivity contribution < 1.29 is 0 Å². The van der Waals surface area contributed by atoms with Gasteiger partial charge in [-0.15, -0.1) is 10.2 Å². The first-order valence-electron chi connectivity index (χ1n) is 3.55. The van der Waals surface area contributed by atoms with Gasteiger partial charge in [0.25, 0.3) is 0 Å². The van der Waals surface area contributed by atoms with Crippen LogP contribution in [0.4, 0.5) is 0 Å². The zero-order chi connectivity index (χ0) is 8.27. The molecule has 1 rings (SSSR count). The second kappa shape index (κ2) is 3.80. The molecule has 5 heteroatoms. The first-order chi connectivity index (χ1) is 5.18. The molecule has 11 heavy (non-hydrogen) atoms. The average Bonchev–Trinajstić information content (AvgIpc) is 2.31. The van der Waals surface area contributed by atoms with Crippen LogP contribution in [0.2, 0.25) is 0 Å². The van der Waals surface area contributed by atoms with Crippen LogP contribution < -0.4 is 0 Å². The van der Waals surface area contributed by atoms with E-state index in [1.807, 2.05) is 0 Å².